The molecule has 0 aromatic heterocycles. The summed E-state index contributed by atoms with van der Waals surface area (Å²) in [5, 5.41) is 2.90. The molecule has 0 atom stereocenters. The van der Waals surface area contributed by atoms with Gasteiger partial charge >= 0.3 is 0 Å². The molecule has 0 heterocycles. The van der Waals surface area contributed by atoms with Crippen LogP contribution in [0.4, 0.5) is 0 Å². The van der Waals surface area contributed by atoms with Crippen LogP contribution in [0.2, 0.25) is 0 Å². The second-order valence-electron chi connectivity index (χ2n) is 7.74. The summed E-state index contributed by atoms with van der Waals surface area (Å²) in [5.41, 5.74) is 2.41. The Labute approximate surface area is 193 Å². The highest BCUT2D eigenvalue weighted by Gasteiger charge is 2.26. The van der Waals surface area contributed by atoms with Crippen LogP contribution >= 0.6 is 15.9 Å². The van der Waals surface area contributed by atoms with Crippen LogP contribution in [-0.2, 0) is 21.2 Å². The van der Waals surface area contributed by atoms with Gasteiger partial charge in [-0.2, -0.15) is 4.31 Å². The SMILES string of the molecule is O=C(CN(CCc1ccccc1)S(=O)(=O)c1ccc(Br)cc1)NCCC1=CCCCC1. The Hall–Kier alpha value is -1.96. The van der Waals surface area contributed by atoms with Crippen molar-refractivity contribution in [1.82, 2.24) is 9.62 Å². The molecule has 31 heavy (non-hydrogen) atoms. The summed E-state index contributed by atoms with van der Waals surface area (Å²) in [6, 6.07) is 16.2. The number of amides is 1. The Bertz CT molecular complexity index is 989. The van der Waals surface area contributed by atoms with E-state index in [0.29, 0.717) is 13.0 Å². The van der Waals surface area contributed by atoms with Gasteiger partial charge in [0, 0.05) is 17.6 Å². The second-order valence-corrected chi connectivity index (χ2v) is 10.6. The molecule has 0 saturated heterocycles. The molecule has 0 spiro atoms. The molecule has 1 aliphatic carbocycles. The molecule has 1 N–H and O–H groups in total. The fraction of sp³-hybridized carbons (Fsp3) is 0.375. The zero-order chi connectivity index (χ0) is 22.1. The van der Waals surface area contributed by atoms with Crippen LogP contribution in [-0.4, -0.2) is 38.3 Å². The molecule has 0 unspecified atom stereocenters. The summed E-state index contributed by atoms with van der Waals surface area (Å²) in [6.07, 6.45) is 8.28. The summed E-state index contributed by atoms with van der Waals surface area (Å²) < 4.78 is 28.6. The van der Waals surface area contributed by atoms with Crippen molar-refractivity contribution in [3.05, 3.63) is 76.3 Å². The first kappa shape index (κ1) is 23.7. The van der Waals surface area contributed by atoms with Gasteiger partial charge in [-0.1, -0.05) is 57.9 Å². The van der Waals surface area contributed by atoms with E-state index in [2.05, 4.69) is 27.3 Å². The second kappa shape index (κ2) is 11.6. The number of sulfonamides is 1. The van der Waals surface area contributed by atoms with E-state index in [4.69, 9.17) is 0 Å². The highest BCUT2D eigenvalue weighted by Crippen LogP contribution is 2.20. The fourth-order valence-electron chi connectivity index (χ4n) is 3.65. The minimum Gasteiger partial charge on any atom is -0.355 e. The topological polar surface area (TPSA) is 66.5 Å². The third-order valence-electron chi connectivity index (χ3n) is 5.42. The Morgan fingerprint density at radius 1 is 1.00 bits per heavy atom. The number of halogens is 1. The van der Waals surface area contributed by atoms with Crippen LogP contribution in [0.15, 0.2) is 75.6 Å². The molecule has 7 heteroatoms. The Balaban J connectivity index is 1.66. The molecular weight excluding hydrogens is 476 g/mol. The number of carbonyl (C=O) groups is 1. The number of nitrogens with one attached hydrogen (secondary N) is 1. The van der Waals surface area contributed by atoms with Gasteiger partial charge in [0.25, 0.3) is 0 Å². The summed E-state index contributed by atoms with van der Waals surface area (Å²) in [5.74, 6) is -0.273. The van der Waals surface area contributed by atoms with E-state index in [1.165, 1.54) is 22.7 Å². The third-order valence-corrected chi connectivity index (χ3v) is 7.81. The van der Waals surface area contributed by atoms with Crippen molar-refractivity contribution in [3.8, 4) is 0 Å². The summed E-state index contributed by atoms with van der Waals surface area (Å²) in [6.45, 7) is 0.584. The summed E-state index contributed by atoms with van der Waals surface area (Å²) >= 11 is 3.33. The maximum atomic E-state index is 13.2. The maximum absolute atomic E-state index is 13.2. The fourth-order valence-corrected chi connectivity index (χ4v) is 5.31. The highest BCUT2D eigenvalue weighted by molar-refractivity contribution is 9.10. The largest absolute Gasteiger partial charge is 0.355 e. The number of nitrogens with zero attached hydrogens (tertiary/aromatic N) is 1. The van der Waals surface area contributed by atoms with E-state index < -0.39 is 10.0 Å². The lowest BCUT2D eigenvalue weighted by molar-refractivity contribution is -0.121. The lowest BCUT2D eigenvalue weighted by Gasteiger charge is -2.22. The van der Waals surface area contributed by atoms with Crippen molar-refractivity contribution >= 4 is 31.9 Å². The van der Waals surface area contributed by atoms with Crippen LogP contribution in [0.5, 0.6) is 0 Å². The average molecular weight is 505 g/mol. The minimum absolute atomic E-state index is 0.184. The first-order chi connectivity index (χ1) is 14.9. The normalized spacial score (nSPS) is 14.3. The number of rotatable bonds is 10. The maximum Gasteiger partial charge on any atom is 0.243 e. The van der Waals surface area contributed by atoms with E-state index in [1.807, 2.05) is 30.3 Å². The Kier molecular flexibility index (Phi) is 8.87. The zero-order valence-electron chi connectivity index (χ0n) is 17.6. The van der Waals surface area contributed by atoms with Gasteiger partial charge < -0.3 is 5.32 Å². The van der Waals surface area contributed by atoms with Gasteiger partial charge in [-0.3, -0.25) is 4.79 Å². The smallest absolute Gasteiger partial charge is 0.243 e. The number of hydrogen-bond acceptors (Lipinski definition) is 3. The van der Waals surface area contributed by atoms with Gasteiger partial charge in [-0.05, 0) is 68.4 Å². The van der Waals surface area contributed by atoms with Crippen molar-refractivity contribution < 1.29 is 13.2 Å². The lowest BCUT2D eigenvalue weighted by Crippen LogP contribution is -2.42. The Morgan fingerprint density at radius 3 is 2.42 bits per heavy atom. The van der Waals surface area contributed by atoms with Crippen LogP contribution in [0, 0.1) is 0 Å². The minimum atomic E-state index is -3.79. The molecule has 5 nitrogen and oxygen atoms in total. The molecule has 0 saturated carbocycles. The van der Waals surface area contributed by atoms with Crippen LogP contribution in [0.25, 0.3) is 0 Å². The molecule has 0 radical (unpaired) electrons. The predicted octanol–water partition coefficient (Wildman–Crippen LogP) is 4.69. The quantitative estimate of drug-likeness (QED) is 0.477. The van der Waals surface area contributed by atoms with Crippen LogP contribution in [0.3, 0.4) is 0 Å². The third kappa shape index (κ3) is 7.30. The molecule has 0 aliphatic heterocycles. The van der Waals surface area contributed by atoms with Gasteiger partial charge in [-0.25, -0.2) is 8.42 Å². The number of carbonyl (C=O) groups excluding carboxylic acids is 1. The molecule has 3 rings (SSSR count). The molecule has 2 aromatic rings. The molecule has 166 valence electrons. The van der Waals surface area contributed by atoms with Gasteiger partial charge in [-0.15, -0.1) is 0 Å². The van der Waals surface area contributed by atoms with Gasteiger partial charge in [0.15, 0.2) is 0 Å². The zero-order valence-corrected chi connectivity index (χ0v) is 20.0. The van der Waals surface area contributed by atoms with Crippen molar-refractivity contribution in [2.45, 2.75) is 43.4 Å². The predicted molar refractivity (Wildman–Crippen MR) is 127 cm³/mol. The van der Waals surface area contributed by atoms with Gasteiger partial charge in [0.1, 0.15) is 0 Å². The standard InChI is InChI=1S/C24H29BrN2O3S/c25-22-11-13-23(14-12-22)31(29,30)27(18-16-21-9-5-2-6-10-21)19-24(28)26-17-15-20-7-3-1-4-8-20/h2,5-7,9-14H,1,3-4,8,15-19H2,(H,26,28). The first-order valence-electron chi connectivity index (χ1n) is 10.7. The average Bonchev–Trinajstić information content (AvgIpc) is 2.78. The van der Waals surface area contributed by atoms with E-state index >= 15 is 0 Å². The van der Waals surface area contributed by atoms with Crippen LogP contribution < -0.4 is 5.32 Å². The first-order valence-corrected chi connectivity index (χ1v) is 12.9. The Morgan fingerprint density at radius 2 is 1.74 bits per heavy atom. The molecular formula is C24H29BrN2O3S. The van der Waals surface area contributed by atoms with Gasteiger partial charge in [0.05, 0.1) is 11.4 Å². The van der Waals surface area contributed by atoms with Crippen molar-refractivity contribution in [1.29, 1.82) is 0 Å². The summed E-state index contributed by atoms with van der Waals surface area (Å²) in [4.78, 5) is 12.8. The lowest BCUT2D eigenvalue weighted by atomic mass is 9.97. The van der Waals surface area contributed by atoms with E-state index in [-0.39, 0.29) is 23.9 Å². The molecule has 1 aliphatic rings. The highest BCUT2D eigenvalue weighted by atomic mass is 79.9. The molecule has 1 amide bonds. The van der Waals surface area contributed by atoms with Crippen molar-refractivity contribution in [2.24, 2.45) is 0 Å². The van der Waals surface area contributed by atoms with Crippen molar-refractivity contribution in [3.63, 3.8) is 0 Å². The van der Waals surface area contributed by atoms with Crippen molar-refractivity contribution in [2.75, 3.05) is 19.6 Å². The monoisotopic (exact) mass is 504 g/mol. The van der Waals surface area contributed by atoms with Gasteiger partial charge in [0.2, 0.25) is 15.9 Å². The summed E-state index contributed by atoms with van der Waals surface area (Å²) in [7, 11) is -3.79. The van der Waals surface area contributed by atoms with Crippen LogP contribution in [0.1, 0.15) is 37.7 Å². The molecule has 0 bridgehead atoms. The van der Waals surface area contributed by atoms with E-state index in [9.17, 15) is 13.2 Å². The van der Waals surface area contributed by atoms with E-state index in [1.54, 1.807) is 24.3 Å². The number of hydrogen-bond donors (Lipinski definition) is 1. The number of allylic oxidation sites excluding steroid dienone is 1. The molecule has 2 aromatic carbocycles. The molecule has 0 fully saturated rings. The van der Waals surface area contributed by atoms with E-state index in [0.717, 1.165) is 29.3 Å². The number of benzene rings is 2.